The summed E-state index contributed by atoms with van der Waals surface area (Å²) in [6.45, 7) is 4.38. The SMILES string of the molecule is Cc1cc2ccc3cc(-c4ccc5c6ccc7c(-c8cc9ccc%10cc(C)cc%11ccc(c8)c9c%10%11)cccc7c6n(-c6ccccc6)c5c4)cc4ccc(c1)c2c34. The third kappa shape index (κ3) is 4.34. The van der Waals surface area contributed by atoms with E-state index in [1.165, 1.54) is 131 Å². The number of hydrogen-bond donors (Lipinski definition) is 0. The van der Waals surface area contributed by atoms with Gasteiger partial charge in [-0.2, -0.15) is 0 Å². The summed E-state index contributed by atoms with van der Waals surface area (Å²) >= 11 is 0. The van der Waals surface area contributed by atoms with E-state index in [-0.39, 0.29) is 0 Å². The Morgan fingerprint density at radius 1 is 0.316 bits per heavy atom. The van der Waals surface area contributed by atoms with Crippen molar-refractivity contribution in [1.29, 1.82) is 0 Å². The Kier molecular flexibility index (Phi) is 6.09. The van der Waals surface area contributed by atoms with Gasteiger partial charge in [-0.1, -0.05) is 133 Å². The molecule has 0 unspecified atom stereocenters. The Balaban J connectivity index is 1.04. The van der Waals surface area contributed by atoms with Crippen LogP contribution < -0.4 is 0 Å². The molecule has 0 radical (unpaired) electrons. The summed E-state index contributed by atoms with van der Waals surface area (Å²) in [5.74, 6) is 0. The first-order valence-corrected chi connectivity index (χ1v) is 20.0. The molecule has 0 aliphatic carbocycles. The molecule has 0 aliphatic rings. The summed E-state index contributed by atoms with van der Waals surface area (Å²) in [5, 5.41) is 20.9. The van der Waals surface area contributed by atoms with Crippen LogP contribution in [0.25, 0.3) is 125 Å². The molecule has 0 spiro atoms. The molecule has 12 aromatic carbocycles. The number of rotatable bonds is 3. The highest BCUT2D eigenvalue weighted by atomic mass is 15.0. The van der Waals surface area contributed by atoms with Crippen LogP contribution >= 0.6 is 0 Å². The normalized spacial score (nSPS) is 12.4. The molecule has 0 saturated carbocycles. The van der Waals surface area contributed by atoms with E-state index in [1.54, 1.807) is 0 Å². The Labute approximate surface area is 329 Å². The molecular weight excluding hydrogens is 687 g/mol. The number of aryl methyl sites for hydroxylation is 2. The second kappa shape index (κ2) is 11.2. The van der Waals surface area contributed by atoms with Crippen LogP contribution in [0.4, 0.5) is 0 Å². The molecule has 0 N–H and O–H groups in total. The Morgan fingerprint density at radius 3 is 1.32 bits per heavy atom. The lowest BCUT2D eigenvalue weighted by atomic mass is 9.89. The standard InChI is InChI=1S/C56H35N/c1-32-23-35-11-15-39-27-43(28-40-16-12-36(24-32)52(35)54(39)40)34-19-20-48-50-22-21-47-46(9-6-10-49(47)56(50)57(51(48)31-34)45-7-4-3-5-8-45)44-29-41-17-13-37-25-33(2)26-38-14-18-42(30-44)55(41)53(37)38/h3-31H,1-2H3. The summed E-state index contributed by atoms with van der Waals surface area (Å²) in [6.07, 6.45) is 0. The first-order chi connectivity index (χ1) is 28.0. The maximum absolute atomic E-state index is 2.50. The summed E-state index contributed by atoms with van der Waals surface area (Å²) in [4.78, 5) is 0. The predicted octanol–water partition coefficient (Wildman–Crippen LogP) is 15.7. The van der Waals surface area contributed by atoms with Crippen LogP contribution in [-0.2, 0) is 0 Å². The maximum Gasteiger partial charge on any atom is 0.0619 e. The van der Waals surface area contributed by atoms with Gasteiger partial charge in [0.05, 0.1) is 11.0 Å². The molecule has 0 saturated heterocycles. The molecule has 0 amide bonds. The van der Waals surface area contributed by atoms with Gasteiger partial charge in [-0.25, -0.2) is 0 Å². The first-order valence-electron chi connectivity index (χ1n) is 20.0. The van der Waals surface area contributed by atoms with Crippen LogP contribution in [-0.4, -0.2) is 4.57 Å². The molecule has 0 fully saturated rings. The van der Waals surface area contributed by atoms with Crippen molar-refractivity contribution in [3.8, 4) is 27.9 Å². The third-order valence-corrected chi connectivity index (χ3v) is 12.8. The van der Waals surface area contributed by atoms with Gasteiger partial charge in [-0.05, 0) is 160 Å². The molecule has 0 bridgehead atoms. The van der Waals surface area contributed by atoms with Crippen LogP contribution in [0.1, 0.15) is 11.1 Å². The van der Waals surface area contributed by atoms with Gasteiger partial charge in [0, 0.05) is 21.8 Å². The van der Waals surface area contributed by atoms with Gasteiger partial charge in [0.15, 0.2) is 0 Å². The van der Waals surface area contributed by atoms with Crippen LogP contribution in [0, 0.1) is 13.8 Å². The van der Waals surface area contributed by atoms with Crippen molar-refractivity contribution >= 4 is 97.2 Å². The van der Waals surface area contributed by atoms with E-state index in [1.807, 2.05) is 0 Å². The molecule has 0 atom stereocenters. The minimum absolute atomic E-state index is 1.16. The smallest absolute Gasteiger partial charge is 0.0619 e. The van der Waals surface area contributed by atoms with Crippen molar-refractivity contribution in [2.45, 2.75) is 13.8 Å². The average molecular weight is 722 g/mol. The zero-order valence-corrected chi connectivity index (χ0v) is 31.7. The lowest BCUT2D eigenvalue weighted by molar-refractivity contribution is 1.19. The van der Waals surface area contributed by atoms with Crippen molar-refractivity contribution in [2.24, 2.45) is 0 Å². The molecule has 1 heteroatoms. The maximum atomic E-state index is 2.50. The average Bonchev–Trinajstić information content (AvgIpc) is 3.58. The van der Waals surface area contributed by atoms with E-state index < -0.39 is 0 Å². The minimum atomic E-state index is 1.16. The monoisotopic (exact) mass is 721 g/mol. The fraction of sp³-hybridized carbons (Fsp3) is 0.0357. The highest BCUT2D eigenvalue weighted by Gasteiger charge is 2.19. The van der Waals surface area contributed by atoms with Crippen molar-refractivity contribution in [2.75, 3.05) is 0 Å². The van der Waals surface area contributed by atoms with Crippen LogP contribution in [0.2, 0.25) is 0 Å². The van der Waals surface area contributed by atoms with Crippen LogP contribution in [0.15, 0.2) is 176 Å². The molecule has 57 heavy (non-hydrogen) atoms. The summed E-state index contributed by atoms with van der Waals surface area (Å²) < 4.78 is 2.50. The molecule has 1 nitrogen and oxygen atoms in total. The summed E-state index contributed by atoms with van der Waals surface area (Å²) in [7, 11) is 0. The second-order valence-corrected chi connectivity index (χ2v) is 16.3. The van der Waals surface area contributed by atoms with E-state index in [9.17, 15) is 0 Å². The highest BCUT2D eigenvalue weighted by molar-refractivity contribution is 6.26. The molecule has 264 valence electrons. The molecule has 13 aromatic rings. The number of para-hydroxylation sites is 1. The Bertz CT molecular complexity index is 3670. The summed E-state index contributed by atoms with van der Waals surface area (Å²) in [6, 6.07) is 66.7. The van der Waals surface area contributed by atoms with E-state index >= 15 is 0 Å². The third-order valence-electron chi connectivity index (χ3n) is 12.8. The second-order valence-electron chi connectivity index (χ2n) is 16.3. The quantitative estimate of drug-likeness (QED) is 0.160. The van der Waals surface area contributed by atoms with Gasteiger partial charge in [0.2, 0.25) is 0 Å². The van der Waals surface area contributed by atoms with Crippen LogP contribution in [0.5, 0.6) is 0 Å². The molecule has 1 heterocycles. The largest absolute Gasteiger partial charge is 0.309 e. The van der Waals surface area contributed by atoms with Gasteiger partial charge in [-0.15, -0.1) is 0 Å². The molecule has 1 aromatic heterocycles. The molecule has 13 rings (SSSR count). The van der Waals surface area contributed by atoms with Gasteiger partial charge in [-0.3, -0.25) is 0 Å². The van der Waals surface area contributed by atoms with E-state index in [0.717, 1.165) is 5.69 Å². The zero-order valence-electron chi connectivity index (χ0n) is 31.7. The number of hydrogen-bond acceptors (Lipinski definition) is 0. The lowest BCUT2D eigenvalue weighted by Crippen LogP contribution is -1.95. The van der Waals surface area contributed by atoms with E-state index in [0.29, 0.717) is 0 Å². The lowest BCUT2D eigenvalue weighted by Gasteiger charge is -2.15. The Morgan fingerprint density at radius 2 is 0.772 bits per heavy atom. The van der Waals surface area contributed by atoms with Crippen molar-refractivity contribution in [3.05, 3.63) is 187 Å². The van der Waals surface area contributed by atoms with Crippen molar-refractivity contribution in [3.63, 3.8) is 0 Å². The number of aromatic nitrogens is 1. The molecular formula is C56H35N. The highest BCUT2D eigenvalue weighted by Crippen LogP contribution is 2.44. The first kappa shape index (κ1) is 31.0. The van der Waals surface area contributed by atoms with Crippen molar-refractivity contribution < 1.29 is 0 Å². The fourth-order valence-electron chi connectivity index (χ4n) is 10.5. The predicted molar refractivity (Wildman–Crippen MR) is 246 cm³/mol. The number of benzene rings is 12. The topological polar surface area (TPSA) is 4.93 Å². The number of nitrogens with zero attached hydrogens (tertiary/aromatic N) is 1. The Hall–Kier alpha value is -7.22. The van der Waals surface area contributed by atoms with Crippen molar-refractivity contribution in [1.82, 2.24) is 4.57 Å². The fourth-order valence-corrected chi connectivity index (χ4v) is 10.5. The minimum Gasteiger partial charge on any atom is -0.309 e. The molecule has 0 aliphatic heterocycles. The summed E-state index contributed by atoms with van der Waals surface area (Å²) in [5.41, 5.74) is 11.2. The van der Waals surface area contributed by atoms with Crippen LogP contribution in [0.3, 0.4) is 0 Å². The number of fused-ring (bicyclic) bond motifs is 5. The van der Waals surface area contributed by atoms with Gasteiger partial charge < -0.3 is 4.57 Å². The van der Waals surface area contributed by atoms with E-state index in [2.05, 4.69) is 194 Å². The van der Waals surface area contributed by atoms with Gasteiger partial charge >= 0.3 is 0 Å². The van der Waals surface area contributed by atoms with Gasteiger partial charge in [0.25, 0.3) is 0 Å². The zero-order chi connectivity index (χ0) is 37.5. The van der Waals surface area contributed by atoms with E-state index in [4.69, 9.17) is 0 Å². The van der Waals surface area contributed by atoms with Gasteiger partial charge in [0.1, 0.15) is 0 Å².